The summed E-state index contributed by atoms with van der Waals surface area (Å²) in [6.45, 7) is 14.3. The number of rotatable bonds is 3. The number of hydrogen-bond acceptors (Lipinski definition) is 2. The van der Waals surface area contributed by atoms with Crippen molar-refractivity contribution in [3.05, 3.63) is 0 Å². The molecule has 0 unspecified atom stereocenters. The van der Waals surface area contributed by atoms with Gasteiger partial charge in [0.2, 0.25) is 0 Å². The Bertz CT molecular complexity index is 73.9. The summed E-state index contributed by atoms with van der Waals surface area (Å²) < 4.78 is 0. The second-order valence-electron chi connectivity index (χ2n) is 3.33. The van der Waals surface area contributed by atoms with Gasteiger partial charge in [-0.25, -0.2) is 0 Å². The molecule has 0 aliphatic heterocycles. The van der Waals surface area contributed by atoms with Crippen LogP contribution in [0.2, 0.25) is 0 Å². The number of aliphatic hydroxyl groups excluding tert-OH is 1. The zero-order valence-corrected chi connectivity index (χ0v) is 9.46. The molecule has 0 aromatic rings. The lowest BCUT2D eigenvalue weighted by atomic mass is 10.2. The maximum absolute atomic E-state index is 7.57. The molecule has 12 heavy (non-hydrogen) atoms. The fourth-order valence-electron chi connectivity index (χ4n) is 1.33. The highest BCUT2D eigenvalue weighted by molar-refractivity contribution is 4.64. The van der Waals surface area contributed by atoms with Crippen molar-refractivity contribution in [3.8, 4) is 0 Å². The molecule has 76 valence electrons. The van der Waals surface area contributed by atoms with Gasteiger partial charge in [-0.05, 0) is 41.2 Å². The second-order valence-corrected chi connectivity index (χ2v) is 3.33. The first-order chi connectivity index (χ1) is 5.51. The fraction of sp³-hybridized carbons (Fsp3) is 1.00. The third-order valence-electron chi connectivity index (χ3n) is 1.69. The lowest BCUT2D eigenvalue weighted by Crippen LogP contribution is -2.36. The van der Waals surface area contributed by atoms with Crippen molar-refractivity contribution in [2.75, 3.05) is 13.2 Å². The van der Waals surface area contributed by atoms with Gasteiger partial charge in [0, 0.05) is 18.7 Å². The van der Waals surface area contributed by atoms with Crippen LogP contribution in [0.5, 0.6) is 0 Å². The summed E-state index contributed by atoms with van der Waals surface area (Å²) in [5, 5.41) is 7.57. The molecule has 0 aliphatic carbocycles. The van der Waals surface area contributed by atoms with Crippen molar-refractivity contribution in [2.24, 2.45) is 0 Å². The topological polar surface area (TPSA) is 23.5 Å². The van der Waals surface area contributed by atoms with Crippen LogP contribution in [-0.2, 0) is 0 Å². The zero-order valence-electron chi connectivity index (χ0n) is 9.46. The molecule has 0 saturated carbocycles. The normalized spacial score (nSPS) is 10.5. The second kappa shape index (κ2) is 9.01. The van der Waals surface area contributed by atoms with E-state index in [9.17, 15) is 0 Å². The molecule has 0 radical (unpaired) electrons. The molecule has 0 spiro atoms. The Hall–Kier alpha value is -0.0800. The van der Waals surface area contributed by atoms with E-state index in [1.54, 1.807) is 6.92 Å². The van der Waals surface area contributed by atoms with E-state index in [0.717, 1.165) is 6.54 Å². The van der Waals surface area contributed by atoms with Crippen molar-refractivity contribution < 1.29 is 5.11 Å². The van der Waals surface area contributed by atoms with Crippen molar-refractivity contribution in [3.63, 3.8) is 0 Å². The predicted octanol–water partition coefficient (Wildman–Crippen LogP) is 2.12. The summed E-state index contributed by atoms with van der Waals surface area (Å²) in [5.41, 5.74) is 0. The minimum absolute atomic E-state index is 0.250. The first kappa shape index (κ1) is 14.4. The zero-order chi connectivity index (χ0) is 10.1. The first-order valence-corrected chi connectivity index (χ1v) is 4.87. The fourth-order valence-corrected chi connectivity index (χ4v) is 1.33. The van der Waals surface area contributed by atoms with Crippen LogP contribution in [-0.4, -0.2) is 35.2 Å². The van der Waals surface area contributed by atoms with Gasteiger partial charge in [0.05, 0.1) is 0 Å². The summed E-state index contributed by atoms with van der Waals surface area (Å²) in [6.07, 6.45) is 0. The minimum Gasteiger partial charge on any atom is -0.397 e. The summed E-state index contributed by atoms with van der Waals surface area (Å²) in [7, 11) is 0. The Morgan fingerprint density at radius 1 is 1.00 bits per heavy atom. The van der Waals surface area contributed by atoms with E-state index in [1.807, 2.05) is 0 Å². The van der Waals surface area contributed by atoms with Gasteiger partial charge in [0.15, 0.2) is 0 Å². The standard InChI is InChI=1S/C8H19N.C2H6O/c1-6-9(7(2)3)8(4)5;1-2-3/h7-8H,6H2,1-5H3;3H,2H2,1H3. The molecule has 2 nitrogen and oxygen atoms in total. The average molecular weight is 175 g/mol. The van der Waals surface area contributed by atoms with Gasteiger partial charge in [-0.1, -0.05) is 6.92 Å². The largest absolute Gasteiger partial charge is 0.397 e. The quantitative estimate of drug-likeness (QED) is 0.710. The van der Waals surface area contributed by atoms with E-state index in [1.165, 1.54) is 0 Å². The molecule has 0 rings (SSSR count). The Morgan fingerprint density at radius 2 is 1.25 bits per heavy atom. The van der Waals surface area contributed by atoms with Crippen molar-refractivity contribution in [1.82, 2.24) is 4.90 Å². The lowest BCUT2D eigenvalue weighted by molar-refractivity contribution is 0.185. The van der Waals surface area contributed by atoms with E-state index in [2.05, 4.69) is 39.5 Å². The molecule has 0 bridgehead atoms. The Labute approximate surface area is 77.6 Å². The Kier molecular flexibility index (Phi) is 10.8. The monoisotopic (exact) mass is 175 g/mol. The molecule has 0 heterocycles. The third-order valence-corrected chi connectivity index (χ3v) is 1.69. The average Bonchev–Trinajstić information content (AvgIpc) is 1.88. The Morgan fingerprint density at radius 3 is 1.25 bits per heavy atom. The van der Waals surface area contributed by atoms with Crippen LogP contribution >= 0.6 is 0 Å². The summed E-state index contributed by atoms with van der Waals surface area (Å²) >= 11 is 0. The number of hydrogen-bond donors (Lipinski definition) is 1. The first-order valence-electron chi connectivity index (χ1n) is 4.87. The summed E-state index contributed by atoms with van der Waals surface area (Å²) in [5.74, 6) is 0. The van der Waals surface area contributed by atoms with Crippen LogP contribution in [0, 0.1) is 0 Å². The van der Waals surface area contributed by atoms with Gasteiger partial charge < -0.3 is 5.11 Å². The van der Waals surface area contributed by atoms with Crippen LogP contribution < -0.4 is 0 Å². The molecule has 0 saturated heterocycles. The van der Waals surface area contributed by atoms with Gasteiger partial charge in [-0.2, -0.15) is 0 Å². The molecule has 0 aromatic heterocycles. The van der Waals surface area contributed by atoms with E-state index in [4.69, 9.17) is 5.11 Å². The molecule has 0 aliphatic rings. The van der Waals surface area contributed by atoms with Gasteiger partial charge in [0.25, 0.3) is 0 Å². The van der Waals surface area contributed by atoms with Crippen LogP contribution in [0.4, 0.5) is 0 Å². The maximum atomic E-state index is 7.57. The Balaban J connectivity index is 0. The van der Waals surface area contributed by atoms with E-state index >= 15 is 0 Å². The van der Waals surface area contributed by atoms with E-state index < -0.39 is 0 Å². The molecule has 0 aromatic carbocycles. The maximum Gasteiger partial charge on any atom is 0.0402 e. The van der Waals surface area contributed by atoms with Crippen molar-refractivity contribution >= 4 is 0 Å². The van der Waals surface area contributed by atoms with Crippen LogP contribution in [0.3, 0.4) is 0 Å². The highest BCUT2D eigenvalue weighted by atomic mass is 16.2. The van der Waals surface area contributed by atoms with Crippen LogP contribution in [0.25, 0.3) is 0 Å². The molecule has 0 atom stereocenters. The third kappa shape index (κ3) is 8.02. The molecule has 0 fully saturated rings. The van der Waals surface area contributed by atoms with Gasteiger partial charge in [-0.3, -0.25) is 4.90 Å². The van der Waals surface area contributed by atoms with Gasteiger partial charge in [0.1, 0.15) is 0 Å². The van der Waals surface area contributed by atoms with Crippen molar-refractivity contribution in [1.29, 1.82) is 0 Å². The van der Waals surface area contributed by atoms with E-state index in [-0.39, 0.29) is 6.61 Å². The molecule has 0 amide bonds. The molecular weight excluding hydrogens is 150 g/mol. The molecule has 2 heteroatoms. The van der Waals surface area contributed by atoms with Crippen LogP contribution in [0.15, 0.2) is 0 Å². The lowest BCUT2D eigenvalue weighted by Gasteiger charge is -2.28. The molecule has 1 N–H and O–H groups in total. The highest BCUT2D eigenvalue weighted by Crippen LogP contribution is 2.02. The predicted molar refractivity (Wildman–Crippen MR) is 55.4 cm³/mol. The van der Waals surface area contributed by atoms with E-state index in [0.29, 0.717) is 12.1 Å². The summed E-state index contributed by atoms with van der Waals surface area (Å²) in [6, 6.07) is 1.38. The highest BCUT2D eigenvalue weighted by Gasteiger charge is 2.08. The SMILES string of the molecule is CCN(C(C)C)C(C)C.CCO. The van der Waals surface area contributed by atoms with Gasteiger partial charge in [-0.15, -0.1) is 0 Å². The number of aliphatic hydroxyl groups is 1. The minimum atomic E-state index is 0.250. The summed E-state index contributed by atoms with van der Waals surface area (Å²) in [4.78, 5) is 2.46. The van der Waals surface area contributed by atoms with Gasteiger partial charge >= 0.3 is 0 Å². The number of nitrogens with zero attached hydrogens (tertiary/aromatic N) is 1. The molecular formula is C10H25NO. The van der Waals surface area contributed by atoms with Crippen LogP contribution in [0.1, 0.15) is 41.5 Å². The van der Waals surface area contributed by atoms with Crippen molar-refractivity contribution in [2.45, 2.75) is 53.6 Å². The smallest absolute Gasteiger partial charge is 0.0402 e.